The Morgan fingerprint density at radius 3 is 2.89 bits per heavy atom. The number of nitrogens with zero attached hydrogens (tertiary/aromatic N) is 2. The van der Waals surface area contributed by atoms with Crippen molar-refractivity contribution in [2.45, 2.75) is 12.8 Å². The molecule has 1 saturated heterocycles. The number of aliphatic carboxylic acids is 1. The third kappa shape index (κ3) is 4.91. The highest BCUT2D eigenvalue weighted by molar-refractivity contribution is 5.92. The van der Waals surface area contributed by atoms with E-state index in [1.807, 2.05) is 0 Å². The van der Waals surface area contributed by atoms with Gasteiger partial charge >= 0.3 is 5.97 Å². The van der Waals surface area contributed by atoms with Gasteiger partial charge in [0.15, 0.2) is 11.6 Å². The Labute approximate surface area is 155 Å². The molecule has 1 fully saturated rings. The van der Waals surface area contributed by atoms with E-state index in [2.05, 4.69) is 4.98 Å². The molecule has 0 spiro atoms. The summed E-state index contributed by atoms with van der Waals surface area (Å²) in [6, 6.07) is 7.74. The normalized spacial score (nSPS) is 17.1. The molecule has 1 aromatic heterocycles. The highest BCUT2D eigenvalue weighted by atomic mass is 19.1. The number of likely N-dealkylation sites (tertiary alicyclic amines) is 1. The Bertz CT molecular complexity index is 854. The number of carboxylic acid groups (broad SMARTS) is 1. The summed E-state index contributed by atoms with van der Waals surface area (Å²) in [5.74, 6) is -1.77. The second-order valence-electron chi connectivity index (χ2n) is 6.28. The van der Waals surface area contributed by atoms with Gasteiger partial charge in [-0.05, 0) is 48.7 Å². The van der Waals surface area contributed by atoms with Crippen LogP contribution < -0.4 is 4.74 Å². The summed E-state index contributed by atoms with van der Waals surface area (Å²) in [6.45, 7) is 0.726. The number of benzene rings is 1. The molecule has 0 radical (unpaired) electrons. The van der Waals surface area contributed by atoms with Crippen LogP contribution in [-0.4, -0.2) is 40.0 Å². The number of carbonyl (C=O) groups excluding carboxylic acids is 1. The first kappa shape index (κ1) is 18.6. The summed E-state index contributed by atoms with van der Waals surface area (Å²) in [5, 5.41) is 9.09. The SMILES string of the molecule is O=C(O)C1CCCN(C(=O)C=Cc2ccc(Oc3cccnc3)c(F)c2)C1. The zero-order valence-corrected chi connectivity index (χ0v) is 14.5. The number of amides is 1. The summed E-state index contributed by atoms with van der Waals surface area (Å²) in [6.07, 6.45) is 7.15. The summed E-state index contributed by atoms with van der Waals surface area (Å²) in [5.41, 5.74) is 0.506. The maximum Gasteiger partial charge on any atom is 0.308 e. The summed E-state index contributed by atoms with van der Waals surface area (Å²) in [4.78, 5) is 28.8. The van der Waals surface area contributed by atoms with E-state index in [-0.39, 0.29) is 18.2 Å². The zero-order chi connectivity index (χ0) is 19.2. The monoisotopic (exact) mass is 370 g/mol. The van der Waals surface area contributed by atoms with Crippen molar-refractivity contribution in [3.8, 4) is 11.5 Å². The molecule has 3 rings (SSSR count). The summed E-state index contributed by atoms with van der Waals surface area (Å²) >= 11 is 0. The Hall–Kier alpha value is -3.22. The molecule has 0 saturated carbocycles. The quantitative estimate of drug-likeness (QED) is 0.817. The first-order valence-corrected chi connectivity index (χ1v) is 8.60. The van der Waals surface area contributed by atoms with Gasteiger partial charge in [-0.25, -0.2) is 4.39 Å². The second-order valence-corrected chi connectivity index (χ2v) is 6.28. The fraction of sp³-hybridized carbons (Fsp3) is 0.250. The summed E-state index contributed by atoms with van der Waals surface area (Å²) < 4.78 is 19.6. The lowest BCUT2D eigenvalue weighted by Gasteiger charge is -2.29. The highest BCUT2D eigenvalue weighted by Gasteiger charge is 2.27. The number of carbonyl (C=O) groups is 2. The average Bonchev–Trinajstić information content (AvgIpc) is 2.69. The van der Waals surface area contributed by atoms with Gasteiger partial charge in [0, 0.05) is 25.4 Å². The zero-order valence-electron chi connectivity index (χ0n) is 14.5. The van der Waals surface area contributed by atoms with Gasteiger partial charge in [0.2, 0.25) is 5.91 Å². The molecule has 0 bridgehead atoms. The highest BCUT2D eigenvalue weighted by Crippen LogP contribution is 2.25. The smallest absolute Gasteiger partial charge is 0.308 e. The lowest BCUT2D eigenvalue weighted by molar-refractivity contribution is -0.144. The van der Waals surface area contributed by atoms with Crippen molar-refractivity contribution in [3.63, 3.8) is 0 Å². The van der Waals surface area contributed by atoms with Crippen LogP contribution in [0.5, 0.6) is 11.5 Å². The largest absolute Gasteiger partial charge is 0.481 e. The second kappa shape index (κ2) is 8.44. The van der Waals surface area contributed by atoms with Crippen LogP contribution in [0.1, 0.15) is 18.4 Å². The van der Waals surface area contributed by atoms with E-state index in [1.165, 1.54) is 35.4 Å². The number of rotatable bonds is 5. The lowest BCUT2D eigenvalue weighted by Crippen LogP contribution is -2.41. The van der Waals surface area contributed by atoms with Crippen molar-refractivity contribution in [1.29, 1.82) is 0 Å². The maximum atomic E-state index is 14.2. The average molecular weight is 370 g/mol. The van der Waals surface area contributed by atoms with Gasteiger partial charge in [-0.2, -0.15) is 0 Å². The van der Waals surface area contributed by atoms with Crippen LogP contribution in [0.2, 0.25) is 0 Å². The Balaban J connectivity index is 1.64. The van der Waals surface area contributed by atoms with E-state index in [0.29, 0.717) is 30.7 Å². The number of piperidine rings is 1. The number of ether oxygens (including phenoxy) is 1. The molecule has 2 aromatic rings. The topological polar surface area (TPSA) is 79.7 Å². The molecule has 27 heavy (non-hydrogen) atoms. The predicted octanol–water partition coefficient (Wildman–Crippen LogP) is 3.35. The number of aromatic nitrogens is 1. The molecule has 0 aliphatic carbocycles. The van der Waals surface area contributed by atoms with Gasteiger partial charge in [0.05, 0.1) is 12.1 Å². The van der Waals surface area contributed by atoms with Gasteiger partial charge in [-0.15, -0.1) is 0 Å². The van der Waals surface area contributed by atoms with Crippen molar-refractivity contribution < 1.29 is 23.8 Å². The molecule has 140 valence electrons. The van der Waals surface area contributed by atoms with E-state index < -0.39 is 17.7 Å². The molecule has 1 aliphatic rings. The van der Waals surface area contributed by atoms with Crippen LogP contribution in [0, 0.1) is 11.7 Å². The number of halogens is 1. The van der Waals surface area contributed by atoms with Gasteiger partial charge in [0.1, 0.15) is 5.75 Å². The molecule has 6 nitrogen and oxygen atoms in total. The molecule has 2 heterocycles. The van der Waals surface area contributed by atoms with Crippen molar-refractivity contribution >= 4 is 18.0 Å². The number of hydrogen-bond acceptors (Lipinski definition) is 4. The third-order valence-electron chi connectivity index (χ3n) is 4.32. The van der Waals surface area contributed by atoms with Crippen molar-refractivity contribution in [1.82, 2.24) is 9.88 Å². The number of carboxylic acids is 1. The molecule has 1 aromatic carbocycles. The van der Waals surface area contributed by atoms with Gasteiger partial charge in [-0.3, -0.25) is 14.6 Å². The Morgan fingerprint density at radius 1 is 1.33 bits per heavy atom. The van der Waals surface area contributed by atoms with Crippen LogP contribution >= 0.6 is 0 Å². The molecule has 1 atom stereocenters. The fourth-order valence-corrected chi connectivity index (χ4v) is 2.89. The van der Waals surface area contributed by atoms with Crippen LogP contribution in [-0.2, 0) is 9.59 Å². The maximum absolute atomic E-state index is 14.2. The minimum absolute atomic E-state index is 0.0619. The van der Waals surface area contributed by atoms with Crippen molar-refractivity contribution in [2.75, 3.05) is 13.1 Å². The van der Waals surface area contributed by atoms with Gasteiger partial charge in [0.25, 0.3) is 0 Å². The molecule has 7 heteroatoms. The van der Waals surface area contributed by atoms with E-state index in [9.17, 15) is 14.0 Å². The summed E-state index contributed by atoms with van der Waals surface area (Å²) in [7, 11) is 0. The van der Waals surface area contributed by atoms with Crippen LogP contribution in [0.15, 0.2) is 48.8 Å². The fourth-order valence-electron chi connectivity index (χ4n) is 2.89. The molecular weight excluding hydrogens is 351 g/mol. The van der Waals surface area contributed by atoms with E-state index >= 15 is 0 Å². The molecular formula is C20H19FN2O4. The van der Waals surface area contributed by atoms with Crippen LogP contribution in [0.4, 0.5) is 4.39 Å². The molecule has 1 unspecified atom stereocenters. The van der Waals surface area contributed by atoms with E-state index in [4.69, 9.17) is 9.84 Å². The van der Waals surface area contributed by atoms with Crippen molar-refractivity contribution in [2.24, 2.45) is 5.92 Å². The first-order chi connectivity index (χ1) is 13.0. The van der Waals surface area contributed by atoms with Gasteiger partial charge < -0.3 is 14.7 Å². The van der Waals surface area contributed by atoms with Gasteiger partial charge in [-0.1, -0.05) is 6.07 Å². The van der Waals surface area contributed by atoms with Crippen LogP contribution in [0.25, 0.3) is 6.08 Å². The van der Waals surface area contributed by atoms with E-state index in [1.54, 1.807) is 24.4 Å². The number of pyridine rings is 1. The molecule has 1 aliphatic heterocycles. The standard InChI is InChI=1S/C20H19FN2O4/c21-17-11-14(5-7-18(17)27-16-4-1-9-22-12-16)6-8-19(24)23-10-2-3-15(13-23)20(25)26/h1,4-9,11-12,15H,2-3,10,13H2,(H,25,26). The van der Waals surface area contributed by atoms with Crippen molar-refractivity contribution in [3.05, 3.63) is 60.2 Å². The minimum atomic E-state index is -0.886. The molecule has 1 amide bonds. The predicted molar refractivity (Wildman–Crippen MR) is 96.7 cm³/mol. The van der Waals surface area contributed by atoms with Crippen LogP contribution in [0.3, 0.4) is 0 Å². The van der Waals surface area contributed by atoms with E-state index in [0.717, 1.165) is 0 Å². The lowest BCUT2D eigenvalue weighted by atomic mass is 9.98. The third-order valence-corrected chi connectivity index (χ3v) is 4.32. The minimum Gasteiger partial charge on any atom is -0.481 e. The first-order valence-electron chi connectivity index (χ1n) is 8.60. The number of hydrogen-bond donors (Lipinski definition) is 1. The Kier molecular flexibility index (Phi) is 5.80. The Morgan fingerprint density at radius 2 is 2.19 bits per heavy atom. The molecule has 1 N–H and O–H groups in total.